The maximum absolute atomic E-state index is 8.83. The average Bonchev–Trinajstić information content (AvgIpc) is 2.28. The highest BCUT2D eigenvalue weighted by Gasteiger charge is 2.07. The monoisotopic (exact) mass is 208 g/mol. The van der Waals surface area contributed by atoms with Crippen LogP contribution in [0, 0.1) is 11.3 Å². The molecule has 6 nitrogen and oxygen atoms in total. The number of nitrogens with two attached hydrogens (primary N) is 1. The summed E-state index contributed by atoms with van der Waals surface area (Å²) >= 11 is 0. The van der Waals surface area contributed by atoms with E-state index < -0.39 is 6.04 Å². The van der Waals surface area contributed by atoms with Gasteiger partial charge in [0.15, 0.2) is 5.69 Å². The second kappa shape index (κ2) is 5.14. The van der Waals surface area contributed by atoms with E-state index in [0.29, 0.717) is 11.5 Å². The van der Waals surface area contributed by atoms with Gasteiger partial charge >= 0.3 is 0 Å². The molecule has 80 valence electrons. The molecule has 1 rings (SSSR count). The standard InChI is InChI=1S/C9H12N4O2/c10-3-8-7(11)1-2-9(13-8)12-6(4-14)5-15/h1-2,6,14-15H,4-5,11H2,(H,12,13). The number of hydrogen-bond donors (Lipinski definition) is 4. The molecule has 1 heterocycles. The molecule has 0 amide bonds. The number of hydrogen-bond acceptors (Lipinski definition) is 6. The number of aliphatic hydroxyl groups excluding tert-OH is 2. The minimum atomic E-state index is -0.493. The number of aromatic nitrogens is 1. The predicted molar refractivity (Wildman–Crippen MR) is 54.9 cm³/mol. The van der Waals surface area contributed by atoms with Crippen molar-refractivity contribution >= 4 is 11.5 Å². The lowest BCUT2D eigenvalue weighted by molar-refractivity contribution is 0.203. The molecule has 5 N–H and O–H groups in total. The Bertz CT molecular complexity index is 371. The van der Waals surface area contributed by atoms with Crippen LogP contribution in [0.5, 0.6) is 0 Å². The van der Waals surface area contributed by atoms with Crippen LogP contribution in [0.15, 0.2) is 12.1 Å². The summed E-state index contributed by atoms with van der Waals surface area (Å²) in [5.41, 5.74) is 5.90. The first-order chi connectivity index (χ1) is 7.21. The molecule has 1 aromatic heterocycles. The summed E-state index contributed by atoms with van der Waals surface area (Å²) in [6.45, 7) is -0.436. The second-order valence-corrected chi connectivity index (χ2v) is 2.95. The maximum atomic E-state index is 8.83. The van der Waals surface area contributed by atoms with Gasteiger partial charge in [0.2, 0.25) is 0 Å². The molecule has 0 radical (unpaired) electrons. The van der Waals surface area contributed by atoms with Crippen molar-refractivity contribution in [2.75, 3.05) is 24.3 Å². The van der Waals surface area contributed by atoms with Gasteiger partial charge in [0, 0.05) is 0 Å². The number of rotatable bonds is 4. The summed E-state index contributed by atoms with van der Waals surface area (Å²) in [6.07, 6.45) is 0. The van der Waals surface area contributed by atoms with Crippen LogP contribution in [0.1, 0.15) is 5.69 Å². The molecule has 0 aliphatic rings. The first-order valence-electron chi connectivity index (χ1n) is 4.36. The van der Waals surface area contributed by atoms with Crippen molar-refractivity contribution in [3.05, 3.63) is 17.8 Å². The van der Waals surface area contributed by atoms with Gasteiger partial charge in [0.1, 0.15) is 11.9 Å². The molecule has 0 aromatic carbocycles. The van der Waals surface area contributed by atoms with Crippen LogP contribution in [0.25, 0.3) is 0 Å². The number of anilines is 2. The number of aliphatic hydroxyl groups is 2. The Hall–Kier alpha value is -1.84. The van der Waals surface area contributed by atoms with Gasteiger partial charge in [-0.25, -0.2) is 4.98 Å². The predicted octanol–water partition coefficient (Wildman–Crippen LogP) is -0.699. The summed E-state index contributed by atoms with van der Waals surface area (Å²) in [6, 6.07) is 4.47. The van der Waals surface area contributed by atoms with Crippen LogP contribution in [-0.4, -0.2) is 34.5 Å². The van der Waals surface area contributed by atoms with E-state index in [1.165, 1.54) is 0 Å². The summed E-state index contributed by atoms with van der Waals surface area (Å²) in [5.74, 6) is 0.397. The van der Waals surface area contributed by atoms with Crippen molar-refractivity contribution in [2.45, 2.75) is 6.04 Å². The number of nitrogen functional groups attached to an aromatic ring is 1. The molecule has 0 saturated carbocycles. The van der Waals surface area contributed by atoms with Gasteiger partial charge in [-0.2, -0.15) is 5.26 Å². The van der Waals surface area contributed by atoms with Gasteiger partial charge in [-0.3, -0.25) is 0 Å². The fourth-order valence-corrected chi connectivity index (χ4v) is 0.998. The highest BCUT2D eigenvalue weighted by molar-refractivity contribution is 5.54. The van der Waals surface area contributed by atoms with E-state index in [2.05, 4.69) is 10.3 Å². The zero-order chi connectivity index (χ0) is 11.3. The lowest BCUT2D eigenvalue weighted by Gasteiger charge is -2.14. The minimum Gasteiger partial charge on any atom is -0.396 e. The zero-order valence-corrected chi connectivity index (χ0v) is 8.01. The van der Waals surface area contributed by atoms with Crippen LogP contribution in [0.3, 0.4) is 0 Å². The van der Waals surface area contributed by atoms with Crippen LogP contribution < -0.4 is 11.1 Å². The molecular formula is C9H12N4O2. The van der Waals surface area contributed by atoms with Crippen LogP contribution in [0.4, 0.5) is 11.5 Å². The molecular weight excluding hydrogens is 196 g/mol. The van der Waals surface area contributed by atoms with Crippen molar-refractivity contribution in [1.29, 1.82) is 5.26 Å². The van der Waals surface area contributed by atoms with Gasteiger partial charge in [0.25, 0.3) is 0 Å². The van der Waals surface area contributed by atoms with Crippen molar-refractivity contribution in [1.82, 2.24) is 4.98 Å². The topological polar surface area (TPSA) is 115 Å². The molecule has 0 bridgehead atoms. The summed E-state index contributed by atoms with van der Waals surface area (Å²) < 4.78 is 0. The van der Waals surface area contributed by atoms with E-state index in [0.717, 1.165) is 0 Å². The van der Waals surface area contributed by atoms with Crippen LogP contribution in [-0.2, 0) is 0 Å². The highest BCUT2D eigenvalue weighted by atomic mass is 16.3. The maximum Gasteiger partial charge on any atom is 0.165 e. The Morgan fingerprint density at radius 1 is 1.47 bits per heavy atom. The normalized spacial score (nSPS) is 10.0. The number of nitrogens with zero attached hydrogens (tertiary/aromatic N) is 2. The summed E-state index contributed by atoms with van der Waals surface area (Å²) in [5, 5.41) is 29.1. The lowest BCUT2D eigenvalue weighted by atomic mass is 10.3. The van der Waals surface area contributed by atoms with Gasteiger partial charge in [-0.05, 0) is 12.1 Å². The average molecular weight is 208 g/mol. The molecule has 1 aromatic rings. The van der Waals surface area contributed by atoms with Crippen molar-refractivity contribution in [3.8, 4) is 6.07 Å². The Labute approximate surface area is 87.0 Å². The van der Waals surface area contributed by atoms with Crippen molar-refractivity contribution in [3.63, 3.8) is 0 Å². The van der Waals surface area contributed by atoms with E-state index in [1.54, 1.807) is 12.1 Å². The summed E-state index contributed by atoms with van der Waals surface area (Å²) in [7, 11) is 0. The molecule has 0 aliphatic heterocycles. The van der Waals surface area contributed by atoms with E-state index in [4.69, 9.17) is 21.2 Å². The Kier molecular flexibility index (Phi) is 3.85. The van der Waals surface area contributed by atoms with Gasteiger partial charge in [0.05, 0.1) is 24.9 Å². The van der Waals surface area contributed by atoms with E-state index in [-0.39, 0.29) is 18.9 Å². The number of nitriles is 1. The first-order valence-corrected chi connectivity index (χ1v) is 4.36. The zero-order valence-electron chi connectivity index (χ0n) is 8.01. The SMILES string of the molecule is N#Cc1nc(NC(CO)CO)ccc1N. The first kappa shape index (κ1) is 11.2. The Morgan fingerprint density at radius 3 is 2.67 bits per heavy atom. The third kappa shape index (κ3) is 2.80. The molecule has 0 unspecified atom stereocenters. The third-order valence-corrected chi connectivity index (χ3v) is 1.83. The van der Waals surface area contributed by atoms with Crippen LogP contribution >= 0.6 is 0 Å². The smallest absolute Gasteiger partial charge is 0.165 e. The van der Waals surface area contributed by atoms with E-state index in [1.807, 2.05) is 6.07 Å². The fourth-order valence-electron chi connectivity index (χ4n) is 0.998. The minimum absolute atomic E-state index is 0.120. The largest absolute Gasteiger partial charge is 0.396 e. The Balaban J connectivity index is 2.83. The summed E-state index contributed by atoms with van der Waals surface area (Å²) in [4.78, 5) is 3.91. The van der Waals surface area contributed by atoms with Gasteiger partial charge < -0.3 is 21.3 Å². The highest BCUT2D eigenvalue weighted by Crippen LogP contribution is 2.12. The Morgan fingerprint density at radius 2 is 2.13 bits per heavy atom. The molecule has 0 atom stereocenters. The van der Waals surface area contributed by atoms with Gasteiger partial charge in [-0.1, -0.05) is 0 Å². The quantitative estimate of drug-likeness (QED) is 0.520. The number of pyridine rings is 1. The second-order valence-electron chi connectivity index (χ2n) is 2.95. The van der Waals surface area contributed by atoms with E-state index >= 15 is 0 Å². The molecule has 15 heavy (non-hydrogen) atoms. The van der Waals surface area contributed by atoms with Gasteiger partial charge in [-0.15, -0.1) is 0 Å². The number of nitrogens with one attached hydrogen (secondary N) is 1. The molecule has 6 heteroatoms. The van der Waals surface area contributed by atoms with Crippen LogP contribution in [0.2, 0.25) is 0 Å². The van der Waals surface area contributed by atoms with Crippen molar-refractivity contribution < 1.29 is 10.2 Å². The van der Waals surface area contributed by atoms with E-state index in [9.17, 15) is 0 Å². The van der Waals surface area contributed by atoms with Crippen molar-refractivity contribution in [2.24, 2.45) is 0 Å². The molecule has 0 saturated heterocycles. The fraction of sp³-hybridized carbons (Fsp3) is 0.333. The lowest BCUT2D eigenvalue weighted by Crippen LogP contribution is -2.28. The molecule has 0 aliphatic carbocycles. The third-order valence-electron chi connectivity index (χ3n) is 1.83. The molecule has 0 fully saturated rings. The molecule has 0 spiro atoms.